The number of hydrogen-bond acceptors (Lipinski definition) is 7. The molecule has 0 aliphatic heterocycles. The molecule has 0 saturated carbocycles. The minimum absolute atomic E-state index is 0.00551. The number of nitriles is 1. The molecule has 0 radical (unpaired) electrons. The SMILES string of the molecule is COc1ccc(-c2nc(N)nc(N)c2C#N)cc1COc1cccc(Cl)c1. The van der Waals surface area contributed by atoms with Crippen LogP contribution in [0.1, 0.15) is 11.1 Å². The summed E-state index contributed by atoms with van der Waals surface area (Å²) >= 11 is 5.98. The maximum atomic E-state index is 9.39. The Bertz CT molecular complexity index is 1030. The first-order valence-electron chi connectivity index (χ1n) is 7.90. The summed E-state index contributed by atoms with van der Waals surface area (Å²) in [4.78, 5) is 8.00. The Balaban J connectivity index is 1.98. The molecule has 0 fully saturated rings. The van der Waals surface area contributed by atoms with Gasteiger partial charge in [0.25, 0.3) is 0 Å². The predicted molar refractivity (Wildman–Crippen MR) is 103 cm³/mol. The number of anilines is 2. The van der Waals surface area contributed by atoms with Crippen molar-refractivity contribution in [3.05, 3.63) is 58.6 Å². The van der Waals surface area contributed by atoms with Crippen LogP contribution in [0.2, 0.25) is 5.02 Å². The first-order chi connectivity index (χ1) is 13.0. The Morgan fingerprint density at radius 1 is 1.15 bits per heavy atom. The summed E-state index contributed by atoms with van der Waals surface area (Å²) in [6.07, 6.45) is 0. The van der Waals surface area contributed by atoms with Gasteiger partial charge in [0.15, 0.2) is 0 Å². The molecule has 0 saturated heterocycles. The third-order valence-corrected chi connectivity index (χ3v) is 4.05. The summed E-state index contributed by atoms with van der Waals surface area (Å²) in [7, 11) is 1.57. The van der Waals surface area contributed by atoms with Gasteiger partial charge in [-0.15, -0.1) is 0 Å². The average Bonchev–Trinajstić information content (AvgIpc) is 2.65. The van der Waals surface area contributed by atoms with Crippen molar-refractivity contribution < 1.29 is 9.47 Å². The highest BCUT2D eigenvalue weighted by atomic mass is 35.5. The molecule has 0 amide bonds. The number of halogens is 1. The molecule has 0 bridgehead atoms. The molecule has 0 aliphatic carbocycles. The van der Waals surface area contributed by atoms with E-state index < -0.39 is 0 Å². The van der Waals surface area contributed by atoms with Crippen LogP contribution in [-0.4, -0.2) is 17.1 Å². The number of ether oxygens (including phenoxy) is 2. The smallest absolute Gasteiger partial charge is 0.222 e. The number of nitrogens with two attached hydrogens (primary N) is 2. The monoisotopic (exact) mass is 381 g/mol. The van der Waals surface area contributed by atoms with Crippen LogP contribution in [0.4, 0.5) is 11.8 Å². The van der Waals surface area contributed by atoms with Crippen molar-refractivity contribution in [3.63, 3.8) is 0 Å². The van der Waals surface area contributed by atoms with Gasteiger partial charge in [-0.2, -0.15) is 10.2 Å². The van der Waals surface area contributed by atoms with Crippen molar-refractivity contribution in [1.82, 2.24) is 9.97 Å². The molecule has 27 heavy (non-hydrogen) atoms. The molecule has 2 aromatic carbocycles. The number of rotatable bonds is 5. The van der Waals surface area contributed by atoms with Gasteiger partial charge in [-0.05, 0) is 36.4 Å². The summed E-state index contributed by atoms with van der Waals surface area (Å²) in [5.41, 5.74) is 13.4. The highest BCUT2D eigenvalue weighted by Crippen LogP contribution is 2.30. The molecule has 0 unspecified atom stereocenters. The number of methoxy groups -OCH3 is 1. The number of hydrogen-bond donors (Lipinski definition) is 2. The molecule has 8 heteroatoms. The Kier molecular flexibility index (Phi) is 5.29. The summed E-state index contributed by atoms with van der Waals surface area (Å²) in [6, 6.07) is 14.5. The van der Waals surface area contributed by atoms with Crippen molar-refractivity contribution in [2.45, 2.75) is 6.61 Å². The van der Waals surface area contributed by atoms with E-state index in [0.29, 0.717) is 27.8 Å². The van der Waals surface area contributed by atoms with E-state index in [0.717, 1.165) is 5.56 Å². The second-order valence-electron chi connectivity index (χ2n) is 5.58. The number of aromatic nitrogens is 2. The van der Waals surface area contributed by atoms with E-state index in [1.54, 1.807) is 37.4 Å². The number of benzene rings is 2. The third-order valence-electron chi connectivity index (χ3n) is 3.81. The molecule has 1 heterocycles. The predicted octanol–water partition coefficient (Wildman–Crippen LogP) is 3.42. The molecular weight excluding hydrogens is 366 g/mol. The molecule has 3 rings (SSSR count). The van der Waals surface area contributed by atoms with E-state index in [1.165, 1.54) is 0 Å². The van der Waals surface area contributed by atoms with Crippen LogP contribution in [0.25, 0.3) is 11.3 Å². The van der Waals surface area contributed by atoms with Gasteiger partial charge in [0.2, 0.25) is 5.95 Å². The second-order valence-corrected chi connectivity index (χ2v) is 6.01. The largest absolute Gasteiger partial charge is 0.496 e. The standard InChI is InChI=1S/C19H16ClN5O2/c1-26-16-6-5-11(17-15(9-21)18(22)25-19(23)24-17)7-12(16)10-27-14-4-2-3-13(20)8-14/h2-8H,10H2,1H3,(H4,22,23,24,25). The fourth-order valence-corrected chi connectivity index (χ4v) is 2.75. The molecule has 3 aromatic rings. The lowest BCUT2D eigenvalue weighted by Crippen LogP contribution is -2.05. The van der Waals surface area contributed by atoms with Crippen LogP contribution in [0.15, 0.2) is 42.5 Å². The fourth-order valence-electron chi connectivity index (χ4n) is 2.57. The zero-order chi connectivity index (χ0) is 19.4. The van der Waals surface area contributed by atoms with Crippen LogP contribution in [0, 0.1) is 11.3 Å². The maximum absolute atomic E-state index is 9.39. The molecule has 0 aliphatic rings. The second kappa shape index (κ2) is 7.81. The minimum Gasteiger partial charge on any atom is -0.496 e. The van der Waals surface area contributed by atoms with E-state index in [9.17, 15) is 5.26 Å². The van der Waals surface area contributed by atoms with Gasteiger partial charge in [-0.25, -0.2) is 4.98 Å². The Morgan fingerprint density at radius 3 is 2.67 bits per heavy atom. The van der Waals surface area contributed by atoms with E-state index in [4.69, 9.17) is 32.5 Å². The molecule has 0 atom stereocenters. The van der Waals surface area contributed by atoms with E-state index >= 15 is 0 Å². The van der Waals surface area contributed by atoms with Gasteiger partial charge in [-0.3, -0.25) is 0 Å². The molecule has 7 nitrogen and oxygen atoms in total. The number of nitrogens with zero attached hydrogens (tertiary/aromatic N) is 3. The van der Waals surface area contributed by atoms with Crippen molar-refractivity contribution in [2.24, 2.45) is 0 Å². The van der Waals surface area contributed by atoms with Gasteiger partial charge in [0.1, 0.15) is 35.6 Å². The highest BCUT2D eigenvalue weighted by Gasteiger charge is 2.15. The van der Waals surface area contributed by atoms with Crippen LogP contribution in [0.3, 0.4) is 0 Å². The van der Waals surface area contributed by atoms with Crippen molar-refractivity contribution in [1.29, 1.82) is 5.26 Å². The molecular formula is C19H16ClN5O2. The van der Waals surface area contributed by atoms with Crippen LogP contribution in [0.5, 0.6) is 11.5 Å². The molecule has 4 N–H and O–H groups in total. The van der Waals surface area contributed by atoms with E-state index in [1.807, 2.05) is 18.2 Å². The lowest BCUT2D eigenvalue weighted by atomic mass is 10.0. The van der Waals surface area contributed by atoms with E-state index in [2.05, 4.69) is 9.97 Å². The quantitative estimate of drug-likeness (QED) is 0.694. The summed E-state index contributed by atoms with van der Waals surface area (Å²) in [6.45, 7) is 0.231. The zero-order valence-electron chi connectivity index (χ0n) is 14.4. The van der Waals surface area contributed by atoms with Gasteiger partial charge in [-0.1, -0.05) is 17.7 Å². The third kappa shape index (κ3) is 4.02. The molecule has 1 aromatic heterocycles. The zero-order valence-corrected chi connectivity index (χ0v) is 15.2. The van der Waals surface area contributed by atoms with E-state index in [-0.39, 0.29) is 23.9 Å². The van der Waals surface area contributed by atoms with Crippen LogP contribution < -0.4 is 20.9 Å². The van der Waals surface area contributed by atoms with Crippen molar-refractivity contribution in [2.75, 3.05) is 18.6 Å². The summed E-state index contributed by atoms with van der Waals surface area (Å²) in [5, 5.41) is 9.97. The normalized spacial score (nSPS) is 10.3. The van der Waals surface area contributed by atoms with Crippen molar-refractivity contribution in [3.8, 4) is 28.8 Å². The van der Waals surface area contributed by atoms with Gasteiger partial charge < -0.3 is 20.9 Å². The average molecular weight is 382 g/mol. The van der Waals surface area contributed by atoms with Gasteiger partial charge in [0, 0.05) is 16.1 Å². The minimum atomic E-state index is -0.00551. The Labute approximate surface area is 161 Å². The Morgan fingerprint density at radius 2 is 1.96 bits per heavy atom. The topological polar surface area (TPSA) is 120 Å². The lowest BCUT2D eigenvalue weighted by Gasteiger charge is -2.13. The van der Waals surface area contributed by atoms with Crippen LogP contribution in [-0.2, 0) is 6.61 Å². The number of nitrogen functional groups attached to an aromatic ring is 2. The fraction of sp³-hybridized carbons (Fsp3) is 0.105. The lowest BCUT2D eigenvalue weighted by molar-refractivity contribution is 0.297. The van der Waals surface area contributed by atoms with Crippen molar-refractivity contribution >= 4 is 23.4 Å². The first-order valence-corrected chi connectivity index (χ1v) is 8.28. The summed E-state index contributed by atoms with van der Waals surface area (Å²) < 4.78 is 11.2. The maximum Gasteiger partial charge on any atom is 0.222 e. The van der Waals surface area contributed by atoms with Crippen LogP contribution >= 0.6 is 11.6 Å². The summed E-state index contributed by atoms with van der Waals surface area (Å²) in [5.74, 6) is 1.29. The van der Waals surface area contributed by atoms with Gasteiger partial charge >= 0.3 is 0 Å². The Hall–Kier alpha value is -3.50. The molecule has 0 spiro atoms. The van der Waals surface area contributed by atoms with Gasteiger partial charge in [0.05, 0.1) is 12.8 Å². The molecule has 136 valence electrons. The highest BCUT2D eigenvalue weighted by molar-refractivity contribution is 6.30. The first kappa shape index (κ1) is 18.3.